The van der Waals surface area contributed by atoms with Crippen molar-refractivity contribution in [3.8, 4) is 11.3 Å². The molecule has 150 valence electrons. The lowest BCUT2D eigenvalue weighted by atomic mass is 9.95. The summed E-state index contributed by atoms with van der Waals surface area (Å²) < 4.78 is 38.2. The molecule has 1 aliphatic heterocycles. The van der Waals surface area contributed by atoms with Gasteiger partial charge in [-0.25, -0.2) is 0 Å². The van der Waals surface area contributed by atoms with Crippen LogP contribution in [0.2, 0.25) is 0 Å². The standard InChI is InChI=1S/C19H21F3N4O2/c1-25-16(11-15(24-25)13-5-3-2-4-6-13)18(28)26-9-7-14(8-10-26)17(27)23-12-19(20,21)22/h2-6,11,14H,7-10,12H2,1H3,(H,23,27). The molecule has 28 heavy (non-hydrogen) atoms. The second-order valence-electron chi connectivity index (χ2n) is 6.80. The Kier molecular flexibility index (Phi) is 5.71. The molecular formula is C19H21F3N4O2. The van der Waals surface area contributed by atoms with Gasteiger partial charge in [-0.2, -0.15) is 18.3 Å². The number of aromatic nitrogens is 2. The smallest absolute Gasteiger partial charge is 0.347 e. The van der Waals surface area contributed by atoms with Crippen LogP contribution in [0.3, 0.4) is 0 Å². The number of carbonyl (C=O) groups excluding carboxylic acids is 2. The van der Waals surface area contributed by atoms with E-state index in [1.807, 2.05) is 35.6 Å². The van der Waals surface area contributed by atoms with Crippen molar-refractivity contribution in [1.82, 2.24) is 20.0 Å². The predicted molar refractivity (Wildman–Crippen MR) is 96.3 cm³/mol. The fourth-order valence-corrected chi connectivity index (χ4v) is 3.26. The molecule has 0 unspecified atom stereocenters. The molecule has 0 bridgehead atoms. The zero-order chi connectivity index (χ0) is 20.3. The second kappa shape index (κ2) is 8.04. The van der Waals surface area contributed by atoms with Crippen LogP contribution in [0.1, 0.15) is 23.3 Å². The maximum atomic E-state index is 12.8. The van der Waals surface area contributed by atoms with Gasteiger partial charge in [-0.05, 0) is 18.9 Å². The second-order valence-corrected chi connectivity index (χ2v) is 6.80. The number of hydrogen-bond donors (Lipinski definition) is 1. The molecule has 1 fully saturated rings. The molecule has 2 heterocycles. The van der Waals surface area contributed by atoms with E-state index in [1.54, 1.807) is 18.0 Å². The third-order valence-electron chi connectivity index (χ3n) is 4.78. The molecule has 2 amide bonds. The molecule has 9 heteroatoms. The molecule has 1 saturated heterocycles. The third-order valence-corrected chi connectivity index (χ3v) is 4.78. The van der Waals surface area contributed by atoms with Crippen molar-refractivity contribution in [2.45, 2.75) is 19.0 Å². The number of hydrogen-bond acceptors (Lipinski definition) is 3. The molecular weight excluding hydrogens is 373 g/mol. The molecule has 0 aliphatic carbocycles. The highest BCUT2D eigenvalue weighted by molar-refractivity contribution is 5.94. The number of rotatable bonds is 4. The van der Waals surface area contributed by atoms with Gasteiger partial charge in [0.2, 0.25) is 5.91 Å². The quantitative estimate of drug-likeness (QED) is 0.867. The average Bonchev–Trinajstić information content (AvgIpc) is 3.07. The fraction of sp³-hybridized carbons (Fsp3) is 0.421. The Labute approximate surface area is 160 Å². The van der Waals surface area contributed by atoms with E-state index >= 15 is 0 Å². The zero-order valence-corrected chi connectivity index (χ0v) is 15.4. The Bertz CT molecular complexity index is 841. The van der Waals surface area contributed by atoms with E-state index < -0.39 is 24.5 Å². The molecule has 0 spiro atoms. The van der Waals surface area contributed by atoms with Crippen LogP contribution < -0.4 is 5.32 Å². The van der Waals surface area contributed by atoms with Gasteiger partial charge in [-0.15, -0.1) is 0 Å². The summed E-state index contributed by atoms with van der Waals surface area (Å²) in [5.74, 6) is -1.33. The SMILES string of the molecule is Cn1nc(-c2ccccc2)cc1C(=O)N1CCC(C(=O)NCC(F)(F)F)CC1. The van der Waals surface area contributed by atoms with E-state index in [9.17, 15) is 22.8 Å². The van der Waals surface area contributed by atoms with Gasteiger partial charge in [0.15, 0.2) is 0 Å². The van der Waals surface area contributed by atoms with Crippen molar-refractivity contribution in [3.05, 3.63) is 42.1 Å². The molecule has 1 aromatic heterocycles. The zero-order valence-electron chi connectivity index (χ0n) is 15.4. The lowest BCUT2D eigenvalue weighted by molar-refractivity contribution is -0.141. The van der Waals surface area contributed by atoms with Gasteiger partial charge < -0.3 is 10.2 Å². The van der Waals surface area contributed by atoms with Gasteiger partial charge in [0, 0.05) is 31.6 Å². The molecule has 0 saturated carbocycles. The fourth-order valence-electron chi connectivity index (χ4n) is 3.26. The number of piperidine rings is 1. The Balaban J connectivity index is 1.60. The van der Waals surface area contributed by atoms with Crippen molar-refractivity contribution in [3.63, 3.8) is 0 Å². The topological polar surface area (TPSA) is 67.2 Å². The number of nitrogens with one attached hydrogen (secondary N) is 1. The minimum atomic E-state index is -4.43. The highest BCUT2D eigenvalue weighted by Gasteiger charge is 2.32. The van der Waals surface area contributed by atoms with Crippen molar-refractivity contribution in [1.29, 1.82) is 0 Å². The minimum absolute atomic E-state index is 0.202. The van der Waals surface area contributed by atoms with Crippen molar-refractivity contribution >= 4 is 11.8 Å². The lowest BCUT2D eigenvalue weighted by Gasteiger charge is -2.31. The van der Waals surface area contributed by atoms with Gasteiger partial charge >= 0.3 is 6.18 Å². The number of halogens is 3. The van der Waals surface area contributed by atoms with Crippen molar-refractivity contribution in [2.24, 2.45) is 13.0 Å². The average molecular weight is 394 g/mol. The highest BCUT2D eigenvalue weighted by Crippen LogP contribution is 2.23. The maximum absolute atomic E-state index is 12.8. The van der Waals surface area contributed by atoms with Crippen molar-refractivity contribution < 1.29 is 22.8 Å². The van der Waals surface area contributed by atoms with Crippen LogP contribution in [-0.2, 0) is 11.8 Å². The summed E-state index contributed by atoms with van der Waals surface area (Å²) in [6, 6.07) is 11.2. The van der Waals surface area contributed by atoms with E-state index in [4.69, 9.17) is 0 Å². The molecule has 2 aromatic rings. The summed E-state index contributed by atoms with van der Waals surface area (Å²) in [7, 11) is 1.69. The van der Waals surface area contributed by atoms with E-state index in [1.165, 1.54) is 4.68 Å². The Morgan fingerprint density at radius 3 is 2.43 bits per heavy atom. The monoisotopic (exact) mass is 394 g/mol. The molecule has 1 aliphatic rings. The van der Waals surface area contributed by atoms with E-state index in [2.05, 4.69) is 5.10 Å². The number of aryl methyl sites for hydroxylation is 1. The van der Waals surface area contributed by atoms with Crippen LogP contribution in [0.5, 0.6) is 0 Å². The summed E-state index contributed by atoms with van der Waals surface area (Å²) in [6.07, 6.45) is -3.76. The highest BCUT2D eigenvalue weighted by atomic mass is 19.4. The first-order valence-corrected chi connectivity index (χ1v) is 8.98. The van der Waals surface area contributed by atoms with Crippen LogP contribution >= 0.6 is 0 Å². The van der Waals surface area contributed by atoms with E-state index in [-0.39, 0.29) is 5.91 Å². The Morgan fingerprint density at radius 2 is 1.82 bits per heavy atom. The third kappa shape index (κ3) is 4.71. The van der Waals surface area contributed by atoms with Gasteiger partial charge in [0.05, 0.1) is 5.69 Å². The molecule has 0 radical (unpaired) electrons. The van der Waals surface area contributed by atoms with Crippen LogP contribution in [-0.4, -0.2) is 52.3 Å². The van der Waals surface area contributed by atoms with Gasteiger partial charge in [0.25, 0.3) is 5.91 Å². The van der Waals surface area contributed by atoms with Crippen molar-refractivity contribution in [2.75, 3.05) is 19.6 Å². The first-order valence-electron chi connectivity index (χ1n) is 8.98. The first-order chi connectivity index (χ1) is 13.2. The van der Waals surface area contributed by atoms with Gasteiger partial charge in [-0.1, -0.05) is 30.3 Å². The number of benzene rings is 1. The minimum Gasteiger partial charge on any atom is -0.347 e. The summed E-state index contributed by atoms with van der Waals surface area (Å²) in [4.78, 5) is 26.3. The van der Waals surface area contributed by atoms with Crippen LogP contribution in [0.4, 0.5) is 13.2 Å². The van der Waals surface area contributed by atoms with Gasteiger partial charge in [-0.3, -0.25) is 14.3 Å². The number of alkyl halides is 3. The number of nitrogens with zero attached hydrogens (tertiary/aromatic N) is 3. The molecule has 6 nitrogen and oxygen atoms in total. The molecule has 0 atom stereocenters. The molecule has 3 rings (SSSR count). The Morgan fingerprint density at radius 1 is 1.18 bits per heavy atom. The molecule has 1 N–H and O–H groups in total. The van der Waals surface area contributed by atoms with Crippen LogP contribution in [0.25, 0.3) is 11.3 Å². The number of amides is 2. The summed E-state index contributed by atoms with van der Waals surface area (Å²) in [5.41, 5.74) is 2.02. The predicted octanol–water partition coefficient (Wildman–Crippen LogP) is 2.62. The lowest BCUT2D eigenvalue weighted by Crippen LogP contribution is -2.45. The normalized spacial score (nSPS) is 15.5. The summed E-state index contributed by atoms with van der Waals surface area (Å²) >= 11 is 0. The Hall–Kier alpha value is -2.84. The summed E-state index contributed by atoms with van der Waals surface area (Å²) in [5, 5.41) is 6.30. The van der Waals surface area contributed by atoms with Crippen LogP contribution in [0.15, 0.2) is 36.4 Å². The largest absolute Gasteiger partial charge is 0.405 e. The number of likely N-dealkylation sites (tertiary alicyclic amines) is 1. The molecule has 1 aromatic carbocycles. The first kappa shape index (κ1) is 19.9. The van der Waals surface area contributed by atoms with E-state index in [0.29, 0.717) is 37.3 Å². The van der Waals surface area contributed by atoms with E-state index in [0.717, 1.165) is 5.56 Å². The maximum Gasteiger partial charge on any atom is 0.405 e. The summed E-state index contributed by atoms with van der Waals surface area (Å²) in [6.45, 7) is -0.703. The van der Waals surface area contributed by atoms with Gasteiger partial charge in [0.1, 0.15) is 12.2 Å². The van der Waals surface area contributed by atoms with Crippen LogP contribution in [0, 0.1) is 5.92 Å². The number of carbonyl (C=O) groups is 2.